The number of amides is 1. The fraction of sp³-hybridized carbons (Fsp3) is 0.750. The van der Waals surface area contributed by atoms with E-state index in [1.54, 1.807) is 0 Å². The molecule has 9 nitrogen and oxygen atoms in total. The van der Waals surface area contributed by atoms with Gasteiger partial charge in [-0.25, -0.2) is 21.6 Å². The molecule has 1 unspecified atom stereocenters. The van der Waals surface area contributed by atoms with Crippen LogP contribution < -0.4 is 10.5 Å². The van der Waals surface area contributed by atoms with Gasteiger partial charge in [0.25, 0.3) is 0 Å². The Labute approximate surface area is 110 Å². The second-order valence-corrected chi connectivity index (χ2v) is 8.47. The average molecular weight is 314 g/mol. The first kappa shape index (κ1) is 15.9. The molecule has 2 atom stereocenters. The van der Waals surface area contributed by atoms with Crippen molar-refractivity contribution in [1.29, 1.82) is 0 Å². The number of aliphatic carboxylic acids is 1. The Kier molecular flexibility index (Phi) is 4.53. The minimum Gasteiger partial charge on any atom is -0.480 e. The van der Waals surface area contributed by atoms with Gasteiger partial charge in [-0.15, -0.1) is 0 Å². The van der Waals surface area contributed by atoms with Gasteiger partial charge in [0.1, 0.15) is 6.04 Å². The van der Waals surface area contributed by atoms with Crippen LogP contribution in [0.4, 0.5) is 0 Å². The molecule has 1 amide bonds. The monoisotopic (exact) mass is 314 g/mol. The molecule has 4 N–H and O–H groups in total. The largest absolute Gasteiger partial charge is 0.480 e. The Morgan fingerprint density at radius 3 is 2.37 bits per heavy atom. The summed E-state index contributed by atoms with van der Waals surface area (Å²) in [4.78, 5) is 21.5. The van der Waals surface area contributed by atoms with Crippen LogP contribution in [0.2, 0.25) is 0 Å². The van der Waals surface area contributed by atoms with Crippen LogP contribution >= 0.6 is 0 Å². The molecular formula is C8H14N2O7S2. The molecule has 0 aromatic carbocycles. The van der Waals surface area contributed by atoms with Gasteiger partial charge in [-0.2, -0.15) is 0 Å². The molecule has 110 valence electrons. The molecule has 11 heteroatoms. The molecule has 1 rings (SSSR count). The van der Waals surface area contributed by atoms with Crippen molar-refractivity contribution in [3.05, 3.63) is 0 Å². The summed E-state index contributed by atoms with van der Waals surface area (Å²) in [6.07, 6.45) is -0.797. The van der Waals surface area contributed by atoms with E-state index in [4.69, 9.17) is 10.8 Å². The van der Waals surface area contributed by atoms with Gasteiger partial charge in [-0.3, -0.25) is 9.59 Å². The van der Waals surface area contributed by atoms with E-state index in [1.165, 1.54) is 0 Å². The highest BCUT2D eigenvalue weighted by Gasteiger charge is 2.39. The maximum atomic E-state index is 11.8. The first-order chi connectivity index (χ1) is 8.53. The minimum absolute atomic E-state index is 0.0966. The van der Waals surface area contributed by atoms with Crippen LogP contribution in [0.25, 0.3) is 0 Å². The zero-order valence-electron chi connectivity index (χ0n) is 9.77. The number of carboxylic acid groups (broad SMARTS) is 1. The third-order valence-corrected chi connectivity index (χ3v) is 6.51. The highest BCUT2D eigenvalue weighted by atomic mass is 32.2. The third kappa shape index (κ3) is 4.44. The molecule has 1 aliphatic heterocycles. The van der Waals surface area contributed by atoms with Crippen molar-refractivity contribution < 1.29 is 31.5 Å². The summed E-state index contributed by atoms with van der Waals surface area (Å²) in [6, 6.07) is -1.69. The predicted octanol–water partition coefficient (Wildman–Crippen LogP) is -2.58. The number of carbonyl (C=O) groups is 2. The SMILES string of the molecule is NC(=O)C[C@@H](NS(=O)(=O)C1CCS(=O)(=O)C1)C(=O)O. The summed E-state index contributed by atoms with van der Waals surface area (Å²) >= 11 is 0. The van der Waals surface area contributed by atoms with E-state index in [0.29, 0.717) is 0 Å². The predicted molar refractivity (Wildman–Crippen MR) is 64.3 cm³/mol. The Bertz CT molecular complexity index is 580. The van der Waals surface area contributed by atoms with Crippen LogP contribution in [0.1, 0.15) is 12.8 Å². The minimum atomic E-state index is -4.14. The lowest BCUT2D eigenvalue weighted by Crippen LogP contribution is -2.47. The molecule has 1 aliphatic rings. The Morgan fingerprint density at radius 1 is 1.42 bits per heavy atom. The fourth-order valence-corrected chi connectivity index (χ4v) is 5.91. The third-order valence-electron chi connectivity index (χ3n) is 2.64. The molecule has 0 aliphatic carbocycles. The second kappa shape index (κ2) is 5.43. The lowest BCUT2D eigenvalue weighted by molar-refractivity contribution is -0.140. The molecule has 0 spiro atoms. The number of nitrogens with two attached hydrogens (primary N) is 1. The van der Waals surface area contributed by atoms with E-state index in [0.717, 1.165) is 0 Å². The van der Waals surface area contributed by atoms with Gasteiger partial charge in [-0.1, -0.05) is 0 Å². The Balaban J connectivity index is 2.83. The molecule has 0 aromatic rings. The number of carboxylic acids is 1. The van der Waals surface area contributed by atoms with Crippen LogP contribution in [-0.4, -0.2) is 56.6 Å². The van der Waals surface area contributed by atoms with Crippen LogP contribution in [0.5, 0.6) is 0 Å². The van der Waals surface area contributed by atoms with Gasteiger partial charge >= 0.3 is 5.97 Å². The second-order valence-electron chi connectivity index (χ2n) is 4.25. The van der Waals surface area contributed by atoms with E-state index in [1.807, 2.05) is 4.72 Å². The highest BCUT2D eigenvalue weighted by Crippen LogP contribution is 2.18. The van der Waals surface area contributed by atoms with Crippen molar-refractivity contribution in [2.75, 3.05) is 11.5 Å². The van der Waals surface area contributed by atoms with Gasteiger partial charge in [0, 0.05) is 0 Å². The Morgan fingerprint density at radius 2 is 2.00 bits per heavy atom. The maximum absolute atomic E-state index is 11.8. The maximum Gasteiger partial charge on any atom is 0.322 e. The van der Waals surface area contributed by atoms with E-state index in [-0.39, 0.29) is 12.2 Å². The van der Waals surface area contributed by atoms with E-state index >= 15 is 0 Å². The van der Waals surface area contributed by atoms with Crippen LogP contribution in [0.3, 0.4) is 0 Å². The van der Waals surface area contributed by atoms with Crippen molar-refractivity contribution in [2.24, 2.45) is 5.73 Å². The van der Waals surface area contributed by atoms with Crippen molar-refractivity contribution in [3.63, 3.8) is 0 Å². The summed E-state index contributed by atoms with van der Waals surface area (Å²) in [5.41, 5.74) is 4.81. The molecule has 0 radical (unpaired) electrons. The van der Waals surface area contributed by atoms with E-state index < -0.39 is 55.2 Å². The number of primary amides is 1. The quantitative estimate of drug-likeness (QED) is 0.485. The molecule has 0 aromatic heterocycles. The summed E-state index contributed by atoms with van der Waals surface area (Å²) in [6.45, 7) is 0. The number of carbonyl (C=O) groups excluding carboxylic acids is 1. The molecule has 1 saturated heterocycles. The number of sulfonamides is 1. The first-order valence-electron chi connectivity index (χ1n) is 5.26. The summed E-state index contributed by atoms with van der Waals surface area (Å²) < 4.78 is 47.9. The summed E-state index contributed by atoms with van der Waals surface area (Å²) in [7, 11) is -7.55. The molecule has 0 saturated carbocycles. The normalized spacial score (nSPS) is 23.9. The first-order valence-corrected chi connectivity index (χ1v) is 8.63. The number of nitrogens with one attached hydrogen (secondary N) is 1. The van der Waals surface area contributed by atoms with Gasteiger partial charge in [0.05, 0.1) is 23.2 Å². The molecule has 0 bridgehead atoms. The molecule has 1 fully saturated rings. The van der Waals surface area contributed by atoms with Crippen molar-refractivity contribution >= 4 is 31.7 Å². The fourth-order valence-electron chi connectivity index (χ4n) is 1.68. The number of sulfone groups is 1. The van der Waals surface area contributed by atoms with Crippen LogP contribution in [0.15, 0.2) is 0 Å². The number of rotatable bonds is 6. The lowest BCUT2D eigenvalue weighted by atomic mass is 10.2. The van der Waals surface area contributed by atoms with Crippen LogP contribution in [-0.2, 0) is 29.4 Å². The summed E-state index contributed by atoms with van der Waals surface area (Å²) in [5, 5.41) is 7.58. The highest BCUT2D eigenvalue weighted by molar-refractivity contribution is 7.95. The molecule has 19 heavy (non-hydrogen) atoms. The number of hydrogen-bond acceptors (Lipinski definition) is 6. The van der Waals surface area contributed by atoms with Gasteiger partial charge < -0.3 is 10.8 Å². The zero-order valence-corrected chi connectivity index (χ0v) is 11.4. The van der Waals surface area contributed by atoms with Crippen molar-refractivity contribution in [1.82, 2.24) is 4.72 Å². The van der Waals surface area contributed by atoms with Crippen molar-refractivity contribution in [3.8, 4) is 0 Å². The van der Waals surface area contributed by atoms with Crippen molar-refractivity contribution in [2.45, 2.75) is 24.1 Å². The molecule has 1 heterocycles. The lowest BCUT2D eigenvalue weighted by Gasteiger charge is -2.16. The zero-order chi connectivity index (χ0) is 14.8. The van der Waals surface area contributed by atoms with Crippen LogP contribution in [0, 0.1) is 0 Å². The number of hydrogen-bond donors (Lipinski definition) is 3. The van der Waals surface area contributed by atoms with Gasteiger partial charge in [0.15, 0.2) is 9.84 Å². The molecular weight excluding hydrogens is 300 g/mol. The van der Waals surface area contributed by atoms with Gasteiger partial charge in [-0.05, 0) is 6.42 Å². The summed E-state index contributed by atoms with van der Waals surface area (Å²) in [5.74, 6) is -3.34. The van der Waals surface area contributed by atoms with E-state index in [2.05, 4.69) is 0 Å². The smallest absolute Gasteiger partial charge is 0.322 e. The Hall–Kier alpha value is -1.20. The van der Waals surface area contributed by atoms with Gasteiger partial charge in [0.2, 0.25) is 15.9 Å². The average Bonchev–Trinajstić information content (AvgIpc) is 2.57. The topological polar surface area (TPSA) is 161 Å². The van der Waals surface area contributed by atoms with E-state index in [9.17, 15) is 26.4 Å². The standard InChI is InChI=1S/C8H14N2O7S2/c9-7(11)3-6(8(12)13)10-19(16,17)5-1-2-18(14,15)4-5/h5-6,10H,1-4H2,(H2,9,11)(H,12,13)/t5?,6-/m1/s1.